The molecule has 9 heteroatoms. The molecular formula is C29H34ClFN6O. The lowest BCUT2D eigenvalue weighted by atomic mass is 9.84. The van der Waals surface area contributed by atoms with Crippen LogP contribution in [0, 0.1) is 12.7 Å². The molecule has 1 saturated heterocycles. The van der Waals surface area contributed by atoms with Crippen molar-refractivity contribution in [2.24, 2.45) is 7.05 Å². The molecule has 1 fully saturated rings. The van der Waals surface area contributed by atoms with E-state index >= 15 is 0 Å². The normalized spacial score (nSPS) is 14.4. The Morgan fingerprint density at radius 2 is 1.74 bits per heavy atom. The van der Waals surface area contributed by atoms with Crippen molar-refractivity contribution < 1.29 is 9.13 Å². The molecule has 0 spiro atoms. The maximum Gasteiger partial charge on any atom is 0.227 e. The first-order valence-corrected chi connectivity index (χ1v) is 13.2. The number of benzene rings is 2. The third-order valence-corrected chi connectivity index (χ3v) is 7.60. The molecule has 1 aliphatic heterocycles. The molecule has 0 atom stereocenters. The Labute approximate surface area is 228 Å². The van der Waals surface area contributed by atoms with Crippen molar-refractivity contribution in [3.63, 3.8) is 0 Å². The smallest absolute Gasteiger partial charge is 0.227 e. The Morgan fingerprint density at radius 3 is 2.39 bits per heavy atom. The Kier molecular flexibility index (Phi) is 6.94. The molecule has 0 N–H and O–H groups in total. The van der Waals surface area contributed by atoms with E-state index in [1.807, 2.05) is 11.6 Å². The minimum absolute atomic E-state index is 0.0673. The molecule has 0 amide bonds. The fourth-order valence-corrected chi connectivity index (χ4v) is 5.27. The lowest BCUT2D eigenvalue weighted by Crippen LogP contribution is -2.47. The van der Waals surface area contributed by atoms with Crippen LogP contribution in [0.2, 0.25) is 5.02 Å². The molecule has 4 aromatic rings. The van der Waals surface area contributed by atoms with Crippen LogP contribution in [0.4, 0.5) is 16.0 Å². The Bertz CT molecular complexity index is 1460. The lowest BCUT2D eigenvalue weighted by molar-refractivity contribution is 0.387. The maximum atomic E-state index is 14.4. The summed E-state index contributed by atoms with van der Waals surface area (Å²) in [6.07, 6.45) is 2.50. The minimum Gasteiger partial charge on any atom is -0.492 e. The molecule has 2 aromatic carbocycles. The molecule has 5 rings (SSSR count). The van der Waals surface area contributed by atoms with Gasteiger partial charge in [0.15, 0.2) is 17.2 Å². The van der Waals surface area contributed by atoms with Gasteiger partial charge in [-0.25, -0.2) is 14.4 Å². The third kappa shape index (κ3) is 5.01. The molecule has 0 unspecified atom stereocenters. The minimum atomic E-state index is -0.461. The largest absolute Gasteiger partial charge is 0.492 e. The number of hydrogen-bond acceptors (Lipinski definition) is 6. The van der Waals surface area contributed by atoms with Crippen LogP contribution in [0.5, 0.6) is 5.75 Å². The second-order valence-electron chi connectivity index (χ2n) is 11.0. The highest BCUT2D eigenvalue weighted by atomic mass is 35.5. The van der Waals surface area contributed by atoms with Gasteiger partial charge in [0.1, 0.15) is 5.52 Å². The zero-order valence-corrected chi connectivity index (χ0v) is 23.6. The van der Waals surface area contributed by atoms with Crippen LogP contribution in [0.25, 0.3) is 11.2 Å². The standard InChI is InChI=1S/C29H34ClFN6O/c1-18-7-8-20(29(2,3)4)13-19(18)14-24-25-27(32-17-35(25)5)34-28(33-24)37-11-9-36(10-12-37)21-15-22(30)26(38-6)23(31)16-21/h7-8,13,15-17H,9-12,14H2,1-6H3. The first-order chi connectivity index (χ1) is 18.0. The molecular weight excluding hydrogens is 503 g/mol. The summed E-state index contributed by atoms with van der Waals surface area (Å²) >= 11 is 6.23. The number of anilines is 2. The van der Waals surface area contributed by atoms with Crippen molar-refractivity contribution in [3.05, 3.63) is 69.9 Å². The van der Waals surface area contributed by atoms with Crippen LogP contribution in [0.3, 0.4) is 0 Å². The van der Waals surface area contributed by atoms with E-state index in [1.54, 1.807) is 12.4 Å². The number of nitrogens with zero attached hydrogens (tertiary/aromatic N) is 6. The van der Waals surface area contributed by atoms with E-state index in [-0.39, 0.29) is 16.2 Å². The second kappa shape index (κ2) is 10.1. The van der Waals surface area contributed by atoms with Crippen LogP contribution < -0.4 is 14.5 Å². The molecule has 0 bridgehead atoms. The third-order valence-electron chi connectivity index (χ3n) is 7.32. The molecule has 38 heavy (non-hydrogen) atoms. The van der Waals surface area contributed by atoms with Crippen molar-refractivity contribution in [1.82, 2.24) is 19.5 Å². The number of ether oxygens (including phenoxy) is 1. The first kappa shape index (κ1) is 26.2. The second-order valence-corrected chi connectivity index (χ2v) is 11.4. The van der Waals surface area contributed by atoms with Gasteiger partial charge in [0, 0.05) is 51.4 Å². The van der Waals surface area contributed by atoms with Crippen LogP contribution in [0.15, 0.2) is 36.7 Å². The quantitative estimate of drug-likeness (QED) is 0.327. The number of imidazole rings is 1. The number of fused-ring (bicyclic) bond motifs is 1. The molecule has 1 aliphatic rings. The summed E-state index contributed by atoms with van der Waals surface area (Å²) < 4.78 is 21.5. The molecule has 2 aromatic heterocycles. The van der Waals surface area contributed by atoms with E-state index in [1.165, 1.54) is 29.9 Å². The Hall–Kier alpha value is -3.39. The van der Waals surface area contributed by atoms with Crippen molar-refractivity contribution >= 4 is 34.4 Å². The van der Waals surface area contributed by atoms with E-state index in [9.17, 15) is 4.39 Å². The molecule has 0 radical (unpaired) electrons. The van der Waals surface area contributed by atoms with Gasteiger partial charge in [-0.2, -0.15) is 4.98 Å². The Morgan fingerprint density at radius 1 is 1.03 bits per heavy atom. The van der Waals surface area contributed by atoms with Gasteiger partial charge in [-0.15, -0.1) is 0 Å². The van der Waals surface area contributed by atoms with Crippen molar-refractivity contribution in [3.8, 4) is 5.75 Å². The van der Waals surface area contributed by atoms with Gasteiger partial charge >= 0.3 is 0 Å². The Balaban J connectivity index is 1.42. The van der Waals surface area contributed by atoms with Crippen LogP contribution >= 0.6 is 11.6 Å². The molecule has 3 heterocycles. The molecule has 7 nitrogen and oxygen atoms in total. The van der Waals surface area contributed by atoms with Crippen LogP contribution in [0.1, 0.15) is 43.2 Å². The summed E-state index contributed by atoms with van der Waals surface area (Å²) in [5, 5.41) is 0.268. The van der Waals surface area contributed by atoms with E-state index in [4.69, 9.17) is 26.3 Å². The number of piperazine rings is 1. The maximum absolute atomic E-state index is 14.4. The number of rotatable bonds is 5. The van der Waals surface area contributed by atoms with Gasteiger partial charge < -0.3 is 19.1 Å². The predicted octanol–water partition coefficient (Wildman–Crippen LogP) is 5.69. The van der Waals surface area contributed by atoms with Gasteiger partial charge in [-0.1, -0.05) is 50.6 Å². The highest BCUT2D eigenvalue weighted by Crippen LogP contribution is 2.33. The number of hydrogen-bond donors (Lipinski definition) is 0. The highest BCUT2D eigenvalue weighted by molar-refractivity contribution is 6.32. The average Bonchev–Trinajstić information content (AvgIpc) is 3.25. The fourth-order valence-electron chi connectivity index (χ4n) is 4.99. The summed E-state index contributed by atoms with van der Waals surface area (Å²) in [4.78, 5) is 18.7. The topological polar surface area (TPSA) is 59.3 Å². The van der Waals surface area contributed by atoms with Gasteiger partial charge in [0.25, 0.3) is 0 Å². The van der Waals surface area contributed by atoms with Crippen molar-refractivity contribution in [2.45, 2.75) is 39.5 Å². The number of halogens is 2. The summed E-state index contributed by atoms with van der Waals surface area (Å²) in [5.74, 6) is 0.285. The zero-order valence-electron chi connectivity index (χ0n) is 22.8. The summed E-state index contributed by atoms with van der Waals surface area (Å²) in [7, 11) is 3.40. The number of methoxy groups -OCH3 is 1. The van der Waals surface area contributed by atoms with Crippen molar-refractivity contribution in [2.75, 3.05) is 43.1 Å². The molecule has 0 aliphatic carbocycles. The first-order valence-electron chi connectivity index (χ1n) is 12.9. The van der Waals surface area contributed by atoms with Crippen molar-refractivity contribution in [1.29, 1.82) is 0 Å². The molecule has 0 saturated carbocycles. The summed E-state index contributed by atoms with van der Waals surface area (Å²) in [6.45, 7) is 11.6. The number of aromatic nitrogens is 4. The number of aryl methyl sites for hydroxylation is 2. The average molecular weight is 537 g/mol. The fraction of sp³-hybridized carbons (Fsp3) is 0.414. The van der Waals surface area contributed by atoms with Gasteiger partial charge in [0.05, 0.1) is 24.2 Å². The van der Waals surface area contributed by atoms with E-state index in [2.05, 4.69) is 60.7 Å². The van der Waals surface area contributed by atoms with Crippen LogP contribution in [-0.2, 0) is 18.9 Å². The van der Waals surface area contributed by atoms with Gasteiger partial charge in [0.2, 0.25) is 5.95 Å². The summed E-state index contributed by atoms with van der Waals surface area (Å²) in [5.41, 5.74) is 7.23. The lowest BCUT2D eigenvalue weighted by Gasteiger charge is -2.36. The van der Waals surface area contributed by atoms with Gasteiger partial charge in [-0.05, 0) is 35.1 Å². The summed E-state index contributed by atoms with van der Waals surface area (Å²) in [6, 6.07) is 9.94. The van der Waals surface area contributed by atoms with E-state index in [0.29, 0.717) is 44.2 Å². The van der Waals surface area contributed by atoms with E-state index < -0.39 is 5.82 Å². The SMILES string of the molecule is COc1c(F)cc(N2CCN(c3nc(Cc4cc(C(C)(C)C)ccc4C)c4c(ncn4C)n3)CC2)cc1Cl. The van der Waals surface area contributed by atoms with Gasteiger partial charge in [-0.3, -0.25) is 0 Å². The highest BCUT2D eigenvalue weighted by Gasteiger charge is 2.24. The zero-order chi connectivity index (χ0) is 27.2. The van der Waals surface area contributed by atoms with Crippen LogP contribution in [-0.4, -0.2) is 52.8 Å². The monoisotopic (exact) mass is 536 g/mol. The van der Waals surface area contributed by atoms with E-state index in [0.717, 1.165) is 16.9 Å². The molecule has 200 valence electrons. The predicted molar refractivity (Wildman–Crippen MR) is 151 cm³/mol.